The van der Waals surface area contributed by atoms with Crippen molar-refractivity contribution in [1.82, 2.24) is 0 Å². The molecule has 0 aromatic heterocycles. The number of benzene rings is 1. The molecule has 23 heavy (non-hydrogen) atoms. The van der Waals surface area contributed by atoms with E-state index in [2.05, 4.69) is 20.8 Å². The third kappa shape index (κ3) is 8.15. The fraction of sp³-hybridized carbons (Fsp3) is 0.684. The van der Waals surface area contributed by atoms with E-state index in [1.165, 1.54) is 19.3 Å². The van der Waals surface area contributed by atoms with Crippen LogP contribution < -0.4 is 5.30 Å². The SMILES string of the molecule is CCCCCCCOP(=O)(OCC(C)CCC)c1ccccc1. The predicted molar refractivity (Wildman–Crippen MR) is 98.4 cm³/mol. The van der Waals surface area contributed by atoms with Crippen LogP contribution in [0.15, 0.2) is 30.3 Å². The van der Waals surface area contributed by atoms with Crippen LogP contribution in [0, 0.1) is 5.92 Å². The summed E-state index contributed by atoms with van der Waals surface area (Å²) in [5, 5.41) is 0.664. The molecule has 0 bridgehead atoms. The molecule has 0 heterocycles. The van der Waals surface area contributed by atoms with Gasteiger partial charge in [-0.05, 0) is 30.9 Å². The molecule has 1 rings (SSSR count). The Labute approximate surface area is 142 Å². The van der Waals surface area contributed by atoms with Gasteiger partial charge < -0.3 is 9.05 Å². The van der Waals surface area contributed by atoms with Gasteiger partial charge in [-0.15, -0.1) is 0 Å². The summed E-state index contributed by atoms with van der Waals surface area (Å²) in [5.41, 5.74) is 0. The van der Waals surface area contributed by atoms with E-state index in [9.17, 15) is 4.57 Å². The van der Waals surface area contributed by atoms with Gasteiger partial charge in [0.15, 0.2) is 0 Å². The van der Waals surface area contributed by atoms with E-state index in [1.54, 1.807) is 0 Å². The van der Waals surface area contributed by atoms with E-state index in [-0.39, 0.29) is 0 Å². The van der Waals surface area contributed by atoms with Gasteiger partial charge in [-0.25, -0.2) is 0 Å². The third-order valence-electron chi connectivity index (χ3n) is 3.89. The fourth-order valence-corrected chi connectivity index (χ4v) is 4.22. The highest BCUT2D eigenvalue weighted by molar-refractivity contribution is 7.62. The average Bonchev–Trinajstić information content (AvgIpc) is 2.57. The van der Waals surface area contributed by atoms with Crippen molar-refractivity contribution in [3.63, 3.8) is 0 Å². The van der Waals surface area contributed by atoms with Crippen LogP contribution in [0.25, 0.3) is 0 Å². The molecule has 0 saturated carbocycles. The lowest BCUT2D eigenvalue weighted by Crippen LogP contribution is -2.14. The Morgan fingerprint density at radius 3 is 2.30 bits per heavy atom. The van der Waals surface area contributed by atoms with Gasteiger partial charge in [0.05, 0.1) is 18.5 Å². The lowest BCUT2D eigenvalue weighted by molar-refractivity contribution is 0.185. The molecule has 0 spiro atoms. The molecule has 0 saturated heterocycles. The van der Waals surface area contributed by atoms with Crippen LogP contribution in [-0.2, 0) is 13.6 Å². The van der Waals surface area contributed by atoms with Gasteiger partial charge in [-0.2, -0.15) is 0 Å². The van der Waals surface area contributed by atoms with Gasteiger partial charge in [0, 0.05) is 0 Å². The van der Waals surface area contributed by atoms with E-state index in [1.807, 2.05) is 30.3 Å². The Kier molecular flexibility index (Phi) is 10.5. The maximum Gasteiger partial charge on any atom is 0.361 e. The molecule has 0 amide bonds. The number of unbranched alkanes of at least 4 members (excludes halogenated alkanes) is 4. The highest BCUT2D eigenvalue weighted by atomic mass is 31.2. The van der Waals surface area contributed by atoms with Crippen molar-refractivity contribution in [2.75, 3.05) is 13.2 Å². The molecule has 2 unspecified atom stereocenters. The van der Waals surface area contributed by atoms with Gasteiger partial charge in [0.25, 0.3) is 0 Å². The van der Waals surface area contributed by atoms with Crippen molar-refractivity contribution >= 4 is 12.9 Å². The van der Waals surface area contributed by atoms with Crippen LogP contribution in [0.1, 0.15) is 65.7 Å². The van der Waals surface area contributed by atoms with Crippen molar-refractivity contribution in [2.24, 2.45) is 5.92 Å². The Bertz CT molecular complexity index is 447. The van der Waals surface area contributed by atoms with Gasteiger partial charge >= 0.3 is 7.60 Å². The van der Waals surface area contributed by atoms with E-state index in [0.717, 1.165) is 25.7 Å². The van der Waals surface area contributed by atoms with Crippen molar-refractivity contribution < 1.29 is 13.6 Å². The minimum atomic E-state index is -3.20. The normalized spacial score (nSPS) is 15.3. The zero-order chi connectivity index (χ0) is 17.0. The summed E-state index contributed by atoms with van der Waals surface area (Å²) in [6.07, 6.45) is 7.93. The van der Waals surface area contributed by atoms with Gasteiger partial charge in [0.1, 0.15) is 0 Å². The standard InChI is InChI=1S/C19H33O3P/c1-4-6-7-8-12-16-21-23(20,19-14-10-9-11-15-19)22-17-18(3)13-5-2/h9-11,14-15,18H,4-8,12-13,16-17H2,1-3H3. The summed E-state index contributed by atoms with van der Waals surface area (Å²) < 4.78 is 24.7. The maximum atomic E-state index is 13.2. The number of rotatable bonds is 13. The summed E-state index contributed by atoms with van der Waals surface area (Å²) in [7, 11) is -3.20. The van der Waals surface area contributed by atoms with Crippen LogP contribution in [0.5, 0.6) is 0 Å². The highest BCUT2D eigenvalue weighted by Crippen LogP contribution is 2.47. The van der Waals surface area contributed by atoms with E-state index >= 15 is 0 Å². The van der Waals surface area contributed by atoms with Gasteiger partial charge in [0.2, 0.25) is 0 Å². The highest BCUT2D eigenvalue weighted by Gasteiger charge is 2.27. The minimum absolute atomic E-state index is 0.394. The monoisotopic (exact) mass is 340 g/mol. The van der Waals surface area contributed by atoms with Crippen molar-refractivity contribution in [1.29, 1.82) is 0 Å². The largest absolute Gasteiger partial charge is 0.361 e. The maximum absolute atomic E-state index is 13.2. The molecule has 2 atom stereocenters. The Balaban J connectivity index is 2.57. The zero-order valence-electron chi connectivity index (χ0n) is 15.0. The molecule has 0 aliphatic rings. The van der Waals surface area contributed by atoms with E-state index in [4.69, 9.17) is 9.05 Å². The van der Waals surface area contributed by atoms with Crippen LogP contribution in [0.3, 0.4) is 0 Å². The molecular weight excluding hydrogens is 307 g/mol. The van der Waals surface area contributed by atoms with Crippen molar-refractivity contribution in [3.05, 3.63) is 30.3 Å². The molecule has 1 aromatic carbocycles. The summed E-state index contributed by atoms with van der Waals surface area (Å²) in [6, 6.07) is 9.35. The summed E-state index contributed by atoms with van der Waals surface area (Å²) in [4.78, 5) is 0. The minimum Gasteiger partial charge on any atom is -0.305 e. The summed E-state index contributed by atoms with van der Waals surface area (Å²) >= 11 is 0. The molecule has 1 aromatic rings. The first-order valence-electron chi connectivity index (χ1n) is 9.07. The van der Waals surface area contributed by atoms with Gasteiger partial charge in [-0.1, -0.05) is 71.1 Å². The number of hydrogen-bond donors (Lipinski definition) is 0. The lowest BCUT2D eigenvalue weighted by atomic mass is 10.1. The predicted octanol–water partition coefficient (Wildman–Crippen LogP) is 5.94. The van der Waals surface area contributed by atoms with Crippen molar-refractivity contribution in [2.45, 2.75) is 65.7 Å². The Morgan fingerprint density at radius 2 is 1.65 bits per heavy atom. The molecule has 0 N–H and O–H groups in total. The molecule has 0 aliphatic heterocycles. The summed E-state index contributed by atoms with van der Waals surface area (Å²) in [5.74, 6) is 0.394. The lowest BCUT2D eigenvalue weighted by Gasteiger charge is -2.21. The second-order valence-electron chi connectivity index (χ2n) is 6.27. The molecule has 0 fully saturated rings. The van der Waals surface area contributed by atoms with E-state index < -0.39 is 7.60 Å². The molecular formula is C19H33O3P. The topological polar surface area (TPSA) is 35.5 Å². The molecule has 3 nitrogen and oxygen atoms in total. The van der Waals surface area contributed by atoms with Crippen molar-refractivity contribution in [3.8, 4) is 0 Å². The Morgan fingerprint density at radius 1 is 0.957 bits per heavy atom. The van der Waals surface area contributed by atoms with Crippen LogP contribution >= 0.6 is 7.60 Å². The first kappa shape index (κ1) is 20.4. The smallest absolute Gasteiger partial charge is 0.305 e. The quantitative estimate of drug-likeness (QED) is 0.329. The van der Waals surface area contributed by atoms with Crippen LogP contribution in [-0.4, -0.2) is 13.2 Å². The third-order valence-corrected chi connectivity index (χ3v) is 5.83. The Hall–Kier alpha value is -0.630. The molecule has 0 radical (unpaired) electrons. The number of hydrogen-bond acceptors (Lipinski definition) is 3. The van der Waals surface area contributed by atoms with Crippen LogP contribution in [0.2, 0.25) is 0 Å². The second-order valence-corrected chi connectivity index (χ2v) is 8.30. The van der Waals surface area contributed by atoms with Crippen LogP contribution in [0.4, 0.5) is 0 Å². The molecule has 0 aliphatic carbocycles. The van der Waals surface area contributed by atoms with Gasteiger partial charge in [-0.3, -0.25) is 4.57 Å². The summed E-state index contributed by atoms with van der Waals surface area (Å²) in [6.45, 7) is 7.46. The first-order chi connectivity index (χ1) is 11.1. The van der Waals surface area contributed by atoms with E-state index in [0.29, 0.717) is 24.4 Å². The average molecular weight is 340 g/mol. The molecule has 4 heteroatoms. The second kappa shape index (κ2) is 11.8. The fourth-order valence-electron chi connectivity index (χ4n) is 2.49. The zero-order valence-corrected chi connectivity index (χ0v) is 15.9. The first-order valence-corrected chi connectivity index (χ1v) is 10.6. The molecule has 132 valence electrons.